The lowest BCUT2D eigenvalue weighted by atomic mass is 10.2. The fourth-order valence-electron chi connectivity index (χ4n) is 1.75. The van der Waals surface area contributed by atoms with Gasteiger partial charge in [0, 0.05) is 18.2 Å². The van der Waals surface area contributed by atoms with E-state index in [0.29, 0.717) is 18.2 Å². The first-order valence-electron chi connectivity index (χ1n) is 6.73. The van der Waals surface area contributed by atoms with Crippen LogP contribution in [0.15, 0.2) is 16.7 Å². The molecule has 0 saturated carbocycles. The fourth-order valence-corrected chi connectivity index (χ4v) is 1.75. The van der Waals surface area contributed by atoms with Crippen LogP contribution < -0.4 is 5.32 Å². The van der Waals surface area contributed by atoms with Crippen molar-refractivity contribution in [2.24, 2.45) is 0 Å². The Morgan fingerprint density at radius 2 is 2.21 bits per heavy atom. The Bertz CT molecular complexity index is 388. The topological polar surface area (TPSA) is 65.7 Å². The molecule has 0 radical (unpaired) electrons. The molecule has 19 heavy (non-hydrogen) atoms. The van der Waals surface area contributed by atoms with Gasteiger partial charge in [-0.05, 0) is 52.9 Å². The molecule has 5 nitrogen and oxygen atoms in total. The highest BCUT2D eigenvalue weighted by molar-refractivity contribution is 5.86. The summed E-state index contributed by atoms with van der Waals surface area (Å²) in [5, 5.41) is 12.1. The van der Waals surface area contributed by atoms with E-state index in [4.69, 9.17) is 9.52 Å². The molecule has 1 heterocycles. The molecule has 0 atom stereocenters. The van der Waals surface area contributed by atoms with E-state index in [1.807, 2.05) is 0 Å². The molecule has 108 valence electrons. The van der Waals surface area contributed by atoms with E-state index in [-0.39, 0.29) is 5.76 Å². The van der Waals surface area contributed by atoms with Crippen LogP contribution in [-0.4, -0.2) is 42.2 Å². The number of nitrogens with one attached hydrogen (secondary N) is 1. The number of carbonyl (C=O) groups is 1. The molecule has 0 aliphatic heterocycles. The predicted molar refractivity (Wildman–Crippen MR) is 74.4 cm³/mol. The molecular formula is C14H24N2O3. The Morgan fingerprint density at radius 1 is 1.47 bits per heavy atom. The van der Waals surface area contributed by atoms with Crippen molar-refractivity contribution in [2.75, 3.05) is 20.1 Å². The zero-order valence-electron chi connectivity index (χ0n) is 12.0. The van der Waals surface area contributed by atoms with Gasteiger partial charge in [-0.25, -0.2) is 4.79 Å². The van der Waals surface area contributed by atoms with Gasteiger partial charge in [0.15, 0.2) is 0 Å². The van der Waals surface area contributed by atoms with Gasteiger partial charge in [0.2, 0.25) is 5.76 Å². The number of aromatic carboxylic acids is 1. The number of carboxylic acid groups (broad SMARTS) is 1. The molecule has 0 fully saturated rings. The molecule has 1 aromatic heterocycles. The van der Waals surface area contributed by atoms with Crippen molar-refractivity contribution in [2.45, 2.75) is 39.3 Å². The van der Waals surface area contributed by atoms with Crippen LogP contribution in [0.25, 0.3) is 0 Å². The molecule has 1 rings (SSSR count). The van der Waals surface area contributed by atoms with Gasteiger partial charge < -0.3 is 19.7 Å². The van der Waals surface area contributed by atoms with Crippen molar-refractivity contribution < 1.29 is 14.3 Å². The lowest BCUT2D eigenvalue weighted by Gasteiger charge is -2.20. The van der Waals surface area contributed by atoms with Crippen molar-refractivity contribution >= 4 is 5.97 Å². The smallest absolute Gasteiger partial charge is 0.372 e. The number of hydrogen-bond donors (Lipinski definition) is 2. The molecule has 0 spiro atoms. The van der Waals surface area contributed by atoms with Crippen molar-refractivity contribution in [3.8, 4) is 0 Å². The third-order valence-electron chi connectivity index (χ3n) is 3.25. The Kier molecular flexibility index (Phi) is 6.59. The lowest BCUT2D eigenvalue weighted by molar-refractivity contribution is 0.0660. The first kappa shape index (κ1) is 15.7. The highest BCUT2D eigenvalue weighted by atomic mass is 16.4. The highest BCUT2D eigenvalue weighted by Crippen LogP contribution is 2.10. The zero-order valence-corrected chi connectivity index (χ0v) is 12.0. The number of carboxylic acids is 1. The third-order valence-corrected chi connectivity index (χ3v) is 3.25. The normalized spacial score (nSPS) is 11.4. The average Bonchev–Trinajstić information content (AvgIpc) is 2.81. The van der Waals surface area contributed by atoms with Crippen molar-refractivity contribution in [3.05, 3.63) is 23.7 Å². The number of hydrogen-bond acceptors (Lipinski definition) is 4. The fraction of sp³-hybridized carbons (Fsp3) is 0.643. The zero-order chi connectivity index (χ0) is 14.3. The van der Waals surface area contributed by atoms with Crippen LogP contribution in [0.3, 0.4) is 0 Å². The number of nitrogens with zero attached hydrogens (tertiary/aromatic N) is 1. The summed E-state index contributed by atoms with van der Waals surface area (Å²) in [4.78, 5) is 13.1. The van der Waals surface area contributed by atoms with E-state index in [1.165, 1.54) is 6.26 Å². The summed E-state index contributed by atoms with van der Waals surface area (Å²) in [6.45, 7) is 6.88. The Hall–Kier alpha value is -1.33. The van der Waals surface area contributed by atoms with Crippen LogP contribution in [-0.2, 0) is 6.54 Å². The summed E-state index contributed by atoms with van der Waals surface area (Å²) in [5.41, 5.74) is 0.701. The summed E-state index contributed by atoms with van der Waals surface area (Å²) in [6, 6.07) is 2.28. The molecule has 0 saturated heterocycles. The van der Waals surface area contributed by atoms with E-state index in [0.717, 1.165) is 25.9 Å². The molecule has 0 aromatic carbocycles. The van der Waals surface area contributed by atoms with Gasteiger partial charge in [-0.15, -0.1) is 0 Å². The maximum absolute atomic E-state index is 10.8. The molecule has 0 unspecified atom stereocenters. The van der Waals surface area contributed by atoms with Crippen LogP contribution in [0.2, 0.25) is 0 Å². The van der Waals surface area contributed by atoms with Crippen LogP contribution >= 0.6 is 0 Å². The van der Waals surface area contributed by atoms with E-state index >= 15 is 0 Å². The highest BCUT2D eigenvalue weighted by Gasteiger charge is 2.12. The SMILES string of the molecule is CC(C)N(C)CCCCNCc1ccoc1C(=O)O. The van der Waals surface area contributed by atoms with E-state index in [2.05, 4.69) is 31.1 Å². The van der Waals surface area contributed by atoms with Crippen LogP contribution in [0.5, 0.6) is 0 Å². The number of rotatable bonds is 9. The molecule has 0 aliphatic carbocycles. The molecule has 0 bridgehead atoms. The van der Waals surface area contributed by atoms with E-state index in [9.17, 15) is 4.79 Å². The molecule has 0 amide bonds. The van der Waals surface area contributed by atoms with E-state index < -0.39 is 5.97 Å². The number of furan rings is 1. The standard InChI is InChI=1S/C14H24N2O3/c1-11(2)16(3)8-5-4-7-15-10-12-6-9-19-13(12)14(17)18/h6,9,11,15H,4-5,7-8,10H2,1-3H3,(H,17,18). The molecule has 5 heteroatoms. The molecule has 0 aliphatic rings. The first-order valence-corrected chi connectivity index (χ1v) is 6.73. The van der Waals surface area contributed by atoms with Gasteiger partial charge in [0.05, 0.1) is 6.26 Å². The minimum Gasteiger partial charge on any atom is -0.475 e. The van der Waals surface area contributed by atoms with Gasteiger partial charge in [-0.1, -0.05) is 0 Å². The molecular weight excluding hydrogens is 244 g/mol. The second-order valence-electron chi connectivity index (χ2n) is 5.04. The predicted octanol–water partition coefficient (Wildman–Crippen LogP) is 2.19. The van der Waals surface area contributed by atoms with Crippen LogP contribution in [0, 0.1) is 0 Å². The summed E-state index contributed by atoms with van der Waals surface area (Å²) in [6.07, 6.45) is 3.63. The van der Waals surface area contributed by atoms with E-state index in [1.54, 1.807) is 6.07 Å². The van der Waals surface area contributed by atoms with Gasteiger partial charge in [0.25, 0.3) is 0 Å². The van der Waals surface area contributed by atoms with Gasteiger partial charge in [-0.2, -0.15) is 0 Å². The van der Waals surface area contributed by atoms with Crippen LogP contribution in [0.4, 0.5) is 0 Å². The second-order valence-corrected chi connectivity index (χ2v) is 5.04. The van der Waals surface area contributed by atoms with Gasteiger partial charge >= 0.3 is 5.97 Å². The second kappa shape index (κ2) is 7.96. The lowest BCUT2D eigenvalue weighted by Crippen LogP contribution is -2.27. The maximum Gasteiger partial charge on any atom is 0.372 e. The average molecular weight is 268 g/mol. The largest absolute Gasteiger partial charge is 0.475 e. The Labute approximate surface area is 114 Å². The minimum absolute atomic E-state index is 0.0343. The minimum atomic E-state index is -1.01. The summed E-state index contributed by atoms with van der Waals surface area (Å²) >= 11 is 0. The van der Waals surface area contributed by atoms with Crippen molar-refractivity contribution in [3.63, 3.8) is 0 Å². The summed E-state index contributed by atoms with van der Waals surface area (Å²) in [5.74, 6) is -0.979. The van der Waals surface area contributed by atoms with Gasteiger partial charge in [-0.3, -0.25) is 0 Å². The van der Waals surface area contributed by atoms with Crippen molar-refractivity contribution in [1.29, 1.82) is 0 Å². The van der Waals surface area contributed by atoms with Crippen LogP contribution in [0.1, 0.15) is 42.8 Å². The number of unbranched alkanes of at least 4 members (excludes halogenated alkanes) is 1. The summed E-state index contributed by atoms with van der Waals surface area (Å²) < 4.78 is 4.92. The first-order chi connectivity index (χ1) is 9.02. The van der Waals surface area contributed by atoms with Crippen molar-refractivity contribution in [1.82, 2.24) is 10.2 Å². The maximum atomic E-state index is 10.8. The molecule has 1 aromatic rings. The summed E-state index contributed by atoms with van der Waals surface area (Å²) in [7, 11) is 2.13. The Morgan fingerprint density at radius 3 is 2.84 bits per heavy atom. The Balaban J connectivity index is 2.14. The molecule has 2 N–H and O–H groups in total. The third kappa shape index (κ3) is 5.44. The quantitative estimate of drug-likeness (QED) is 0.672. The monoisotopic (exact) mass is 268 g/mol. The van der Waals surface area contributed by atoms with Gasteiger partial charge in [0.1, 0.15) is 0 Å².